The zero-order chi connectivity index (χ0) is 13.7. The molecule has 0 saturated carbocycles. The first-order valence-corrected chi connectivity index (χ1v) is 5.62. The van der Waals surface area contributed by atoms with E-state index in [1.807, 2.05) is 0 Å². The zero-order valence-corrected chi connectivity index (χ0v) is 10.4. The van der Waals surface area contributed by atoms with Crippen LogP contribution in [-0.4, -0.2) is 39.6 Å². The Labute approximate surface area is 109 Å². The molecule has 100 valence electrons. The van der Waals surface area contributed by atoms with E-state index in [-0.39, 0.29) is 5.69 Å². The summed E-state index contributed by atoms with van der Waals surface area (Å²) < 4.78 is 6.32. The van der Waals surface area contributed by atoms with E-state index in [4.69, 9.17) is 5.73 Å². The average molecular weight is 262 g/mol. The van der Waals surface area contributed by atoms with Crippen LogP contribution in [0.5, 0.6) is 0 Å². The van der Waals surface area contributed by atoms with Crippen molar-refractivity contribution >= 4 is 17.5 Å². The van der Waals surface area contributed by atoms with Gasteiger partial charge in [-0.1, -0.05) is 5.21 Å². The van der Waals surface area contributed by atoms with Crippen LogP contribution in [0.1, 0.15) is 10.4 Å². The van der Waals surface area contributed by atoms with Gasteiger partial charge in [-0.15, -0.1) is 5.10 Å². The monoisotopic (exact) mass is 262 g/mol. The normalized spacial score (nSPS) is 10.2. The van der Waals surface area contributed by atoms with Crippen LogP contribution in [0.15, 0.2) is 24.7 Å². The zero-order valence-electron chi connectivity index (χ0n) is 10.4. The number of hydrogen-bond donors (Lipinski definition) is 2. The predicted molar refractivity (Wildman–Crippen MR) is 68.5 cm³/mol. The Morgan fingerprint density at radius 2 is 2.42 bits per heavy atom. The molecule has 0 spiro atoms. The minimum Gasteiger partial charge on any atom is -0.465 e. The van der Waals surface area contributed by atoms with Crippen LogP contribution >= 0.6 is 0 Å². The minimum absolute atomic E-state index is 0.286. The van der Waals surface area contributed by atoms with Gasteiger partial charge in [0.15, 0.2) is 0 Å². The van der Waals surface area contributed by atoms with Gasteiger partial charge in [0.05, 0.1) is 37.3 Å². The second-order valence-corrected chi connectivity index (χ2v) is 3.74. The van der Waals surface area contributed by atoms with E-state index in [1.165, 1.54) is 13.3 Å². The average Bonchev–Trinajstić information content (AvgIpc) is 2.93. The van der Waals surface area contributed by atoms with Crippen molar-refractivity contribution in [2.75, 3.05) is 24.7 Å². The fourth-order valence-corrected chi connectivity index (χ4v) is 1.50. The number of nitrogens with zero attached hydrogens (tertiary/aromatic N) is 4. The maximum Gasteiger partial charge on any atom is 0.340 e. The fraction of sp³-hybridized carbons (Fsp3) is 0.273. The molecule has 0 bridgehead atoms. The third-order valence-corrected chi connectivity index (χ3v) is 2.46. The van der Waals surface area contributed by atoms with Gasteiger partial charge in [0.1, 0.15) is 5.82 Å². The third kappa shape index (κ3) is 3.18. The molecule has 0 unspecified atom stereocenters. The molecule has 0 aliphatic heterocycles. The van der Waals surface area contributed by atoms with Gasteiger partial charge in [-0.3, -0.25) is 4.68 Å². The molecule has 0 fully saturated rings. The Morgan fingerprint density at radius 3 is 3.11 bits per heavy atom. The van der Waals surface area contributed by atoms with Crippen molar-refractivity contribution in [2.45, 2.75) is 6.54 Å². The topological polar surface area (TPSA) is 108 Å². The van der Waals surface area contributed by atoms with E-state index >= 15 is 0 Å². The second-order valence-electron chi connectivity index (χ2n) is 3.74. The lowest BCUT2D eigenvalue weighted by atomic mass is 10.2. The molecular formula is C11H14N6O2. The SMILES string of the molecule is COC(=O)c1cc(NCCn2ccnn2)ncc1N. The molecule has 0 atom stereocenters. The predicted octanol–water partition coefficient (Wildman–Crippen LogP) is 0.154. The summed E-state index contributed by atoms with van der Waals surface area (Å²) in [4.78, 5) is 15.6. The van der Waals surface area contributed by atoms with E-state index in [0.29, 0.717) is 24.5 Å². The Balaban J connectivity index is 1.99. The highest BCUT2D eigenvalue weighted by Gasteiger charge is 2.11. The third-order valence-electron chi connectivity index (χ3n) is 2.46. The van der Waals surface area contributed by atoms with Crippen LogP contribution in [-0.2, 0) is 11.3 Å². The van der Waals surface area contributed by atoms with Crippen LogP contribution in [0.4, 0.5) is 11.5 Å². The van der Waals surface area contributed by atoms with Gasteiger partial charge in [-0.25, -0.2) is 9.78 Å². The summed E-state index contributed by atoms with van der Waals surface area (Å²) in [6.45, 7) is 1.24. The lowest BCUT2D eigenvalue weighted by Crippen LogP contribution is -2.13. The first-order chi connectivity index (χ1) is 9.20. The molecule has 8 nitrogen and oxygen atoms in total. The molecule has 0 radical (unpaired) electrons. The maximum absolute atomic E-state index is 11.5. The lowest BCUT2D eigenvalue weighted by molar-refractivity contribution is 0.0602. The van der Waals surface area contributed by atoms with Crippen molar-refractivity contribution in [3.05, 3.63) is 30.2 Å². The summed E-state index contributed by atoms with van der Waals surface area (Å²) in [5.74, 6) is 0.0638. The van der Waals surface area contributed by atoms with E-state index in [9.17, 15) is 4.79 Å². The highest BCUT2D eigenvalue weighted by atomic mass is 16.5. The number of nitrogens with two attached hydrogens (primary N) is 1. The Kier molecular flexibility index (Phi) is 3.91. The first-order valence-electron chi connectivity index (χ1n) is 5.62. The van der Waals surface area contributed by atoms with Gasteiger partial charge in [0.2, 0.25) is 0 Å². The fourth-order valence-electron chi connectivity index (χ4n) is 1.50. The summed E-state index contributed by atoms with van der Waals surface area (Å²) in [5, 5.41) is 10.6. The Bertz CT molecular complexity index is 554. The maximum atomic E-state index is 11.5. The van der Waals surface area contributed by atoms with Crippen molar-refractivity contribution < 1.29 is 9.53 Å². The van der Waals surface area contributed by atoms with Gasteiger partial charge in [0, 0.05) is 12.7 Å². The number of esters is 1. The molecule has 8 heteroatoms. The summed E-state index contributed by atoms with van der Waals surface area (Å²) >= 11 is 0. The minimum atomic E-state index is -0.487. The Hall–Kier alpha value is -2.64. The number of ether oxygens (including phenoxy) is 1. The molecule has 0 aromatic carbocycles. The van der Waals surface area contributed by atoms with Crippen LogP contribution in [0, 0.1) is 0 Å². The molecule has 2 heterocycles. The van der Waals surface area contributed by atoms with E-state index in [1.54, 1.807) is 23.1 Å². The van der Waals surface area contributed by atoms with E-state index in [2.05, 4.69) is 25.3 Å². The molecule has 0 amide bonds. The Morgan fingerprint density at radius 1 is 1.58 bits per heavy atom. The first kappa shape index (κ1) is 12.8. The van der Waals surface area contributed by atoms with Crippen LogP contribution in [0.25, 0.3) is 0 Å². The molecule has 19 heavy (non-hydrogen) atoms. The number of rotatable bonds is 5. The van der Waals surface area contributed by atoms with E-state index < -0.39 is 5.97 Å². The van der Waals surface area contributed by atoms with Crippen molar-refractivity contribution in [1.29, 1.82) is 0 Å². The summed E-state index contributed by atoms with van der Waals surface area (Å²) in [7, 11) is 1.31. The van der Waals surface area contributed by atoms with Gasteiger partial charge < -0.3 is 15.8 Å². The number of carbonyl (C=O) groups is 1. The molecular weight excluding hydrogens is 248 g/mol. The van der Waals surface area contributed by atoms with Gasteiger partial charge in [-0.2, -0.15) is 0 Å². The smallest absolute Gasteiger partial charge is 0.340 e. The summed E-state index contributed by atoms with van der Waals surface area (Å²) in [5.41, 5.74) is 6.24. The quantitative estimate of drug-likeness (QED) is 0.738. The highest BCUT2D eigenvalue weighted by Crippen LogP contribution is 2.15. The van der Waals surface area contributed by atoms with Crippen molar-refractivity contribution in [1.82, 2.24) is 20.0 Å². The number of pyridine rings is 1. The van der Waals surface area contributed by atoms with Gasteiger partial charge in [-0.05, 0) is 6.07 Å². The molecule has 0 saturated heterocycles. The van der Waals surface area contributed by atoms with Crippen molar-refractivity contribution in [2.24, 2.45) is 0 Å². The molecule has 3 N–H and O–H groups in total. The number of anilines is 2. The molecule has 0 aliphatic rings. The second kappa shape index (κ2) is 5.80. The molecule has 2 aromatic rings. The highest BCUT2D eigenvalue weighted by molar-refractivity contribution is 5.95. The van der Waals surface area contributed by atoms with Crippen LogP contribution < -0.4 is 11.1 Å². The van der Waals surface area contributed by atoms with Crippen molar-refractivity contribution in [3.63, 3.8) is 0 Å². The number of nitrogens with one attached hydrogen (secondary N) is 1. The van der Waals surface area contributed by atoms with Crippen LogP contribution in [0.2, 0.25) is 0 Å². The van der Waals surface area contributed by atoms with Gasteiger partial charge >= 0.3 is 5.97 Å². The number of hydrogen-bond acceptors (Lipinski definition) is 7. The molecule has 2 rings (SSSR count). The number of aromatic nitrogens is 4. The number of carbonyl (C=O) groups excluding carboxylic acids is 1. The van der Waals surface area contributed by atoms with Crippen molar-refractivity contribution in [3.8, 4) is 0 Å². The number of nitrogen functional groups attached to an aromatic ring is 1. The number of methoxy groups -OCH3 is 1. The van der Waals surface area contributed by atoms with Gasteiger partial charge in [0.25, 0.3) is 0 Å². The standard InChI is InChI=1S/C11H14N6O2/c1-19-11(18)8-6-10(14-7-9(8)12)13-2-4-17-5-3-15-16-17/h3,5-7H,2,4,12H2,1H3,(H,13,14). The molecule has 2 aromatic heterocycles. The van der Waals surface area contributed by atoms with E-state index in [0.717, 1.165) is 0 Å². The summed E-state index contributed by atoms with van der Waals surface area (Å²) in [6, 6.07) is 1.56. The largest absolute Gasteiger partial charge is 0.465 e. The molecule has 0 aliphatic carbocycles. The summed E-state index contributed by atoms with van der Waals surface area (Å²) in [6.07, 6.45) is 4.79. The lowest BCUT2D eigenvalue weighted by Gasteiger charge is -2.08. The van der Waals surface area contributed by atoms with Crippen LogP contribution in [0.3, 0.4) is 0 Å².